The van der Waals surface area contributed by atoms with Crippen molar-refractivity contribution in [1.29, 1.82) is 0 Å². The van der Waals surface area contributed by atoms with Gasteiger partial charge in [0.2, 0.25) is 0 Å². The van der Waals surface area contributed by atoms with Gasteiger partial charge in [-0.05, 0) is 56.7 Å². The normalized spacial score (nSPS) is 19.8. The average Bonchev–Trinajstić information content (AvgIpc) is 3.35. The van der Waals surface area contributed by atoms with Gasteiger partial charge in [-0.3, -0.25) is 4.79 Å². The van der Waals surface area contributed by atoms with Crippen molar-refractivity contribution in [1.82, 2.24) is 25.2 Å². The molecule has 1 amide bonds. The van der Waals surface area contributed by atoms with Gasteiger partial charge < -0.3 is 10.2 Å². The molecule has 27 heavy (non-hydrogen) atoms. The Morgan fingerprint density at radius 2 is 1.93 bits per heavy atom. The minimum Gasteiger partial charge on any atom is -0.348 e. The first-order chi connectivity index (χ1) is 13.1. The lowest BCUT2D eigenvalue weighted by atomic mass is 10.0. The van der Waals surface area contributed by atoms with E-state index in [-0.39, 0.29) is 17.8 Å². The molecular weight excluding hydrogens is 345 g/mol. The maximum absolute atomic E-state index is 13.1. The highest BCUT2D eigenvalue weighted by Crippen LogP contribution is 2.24. The molecule has 1 aromatic heterocycles. The molecule has 2 heterocycles. The number of carbonyl (C=O) groups excluding carboxylic acids is 1. The van der Waals surface area contributed by atoms with Gasteiger partial charge in [-0.25, -0.2) is 9.07 Å². The average molecular weight is 371 g/mol. The highest BCUT2D eigenvalue weighted by atomic mass is 19.1. The smallest absolute Gasteiger partial charge is 0.273 e. The second-order valence-electron chi connectivity index (χ2n) is 7.78. The Hall–Kier alpha value is -2.28. The van der Waals surface area contributed by atoms with Crippen molar-refractivity contribution < 1.29 is 9.18 Å². The predicted molar refractivity (Wildman–Crippen MR) is 99.9 cm³/mol. The fourth-order valence-electron chi connectivity index (χ4n) is 3.73. The molecule has 2 aromatic rings. The molecule has 1 saturated heterocycles. The summed E-state index contributed by atoms with van der Waals surface area (Å²) in [6.45, 7) is 4.19. The number of rotatable bonds is 6. The van der Waals surface area contributed by atoms with E-state index in [1.54, 1.807) is 6.20 Å². The summed E-state index contributed by atoms with van der Waals surface area (Å²) in [4.78, 5) is 14.5. The maximum atomic E-state index is 13.1. The largest absolute Gasteiger partial charge is 0.348 e. The molecule has 0 bridgehead atoms. The zero-order valence-corrected chi connectivity index (χ0v) is 15.6. The summed E-state index contributed by atoms with van der Waals surface area (Å²) >= 11 is 0. The van der Waals surface area contributed by atoms with E-state index >= 15 is 0 Å². The molecule has 2 fully saturated rings. The lowest BCUT2D eigenvalue weighted by molar-refractivity contribution is 0.0946. The van der Waals surface area contributed by atoms with Gasteiger partial charge in [0, 0.05) is 25.2 Å². The molecule has 1 aliphatic heterocycles. The number of carbonyl (C=O) groups is 1. The van der Waals surface area contributed by atoms with Gasteiger partial charge in [0.25, 0.3) is 5.91 Å². The van der Waals surface area contributed by atoms with E-state index in [0.29, 0.717) is 17.8 Å². The summed E-state index contributed by atoms with van der Waals surface area (Å²) in [5.41, 5.74) is 1.57. The zero-order valence-electron chi connectivity index (χ0n) is 15.6. The van der Waals surface area contributed by atoms with Crippen LogP contribution < -0.4 is 5.32 Å². The first-order valence-corrected chi connectivity index (χ1v) is 9.79. The Morgan fingerprint density at radius 1 is 1.22 bits per heavy atom. The number of nitrogens with one attached hydrogen (secondary N) is 1. The molecule has 1 aromatic carbocycles. The van der Waals surface area contributed by atoms with Crippen LogP contribution in [0.25, 0.3) is 0 Å². The number of hydrogen-bond acceptors (Lipinski definition) is 4. The predicted octanol–water partition coefficient (Wildman–Crippen LogP) is 2.58. The SMILES string of the molecule is C[C@@H](Cc1ccc(F)cc1)N1CCC(n2cc(C(=O)NC3CC3)nn2)CC1. The fraction of sp³-hybridized carbons (Fsp3) is 0.550. The number of piperidine rings is 1. The second-order valence-corrected chi connectivity index (χ2v) is 7.78. The third-order valence-corrected chi connectivity index (χ3v) is 5.60. The number of likely N-dealkylation sites (tertiary alicyclic amines) is 1. The number of aromatic nitrogens is 3. The van der Waals surface area contributed by atoms with Crippen molar-refractivity contribution in [3.8, 4) is 0 Å². The van der Waals surface area contributed by atoms with Crippen LogP contribution in [-0.4, -0.2) is 51.0 Å². The summed E-state index contributed by atoms with van der Waals surface area (Å²) in [6.07, 6.45) is 6.80. The Kier molecular flexibility index (Phi) is 5.20. The van der Waals surface area contributed by atoms with E-state index < -0.39 is 0 Å². The summed E-state index contributed by atoms with van der Waals surface area (Å²) in [7, 11) is 0. The van der Waals surface area contributed by atoms with Crippen molar-refractivity contribution >= 4 is 5.91 Å². The van der Waals surface area contributed by atoms with Crippen LogP contribution in [0.2, 0.25) is 0 Å². The molecule has 1 saturated carbocycles. The van der Waals surface area contributed by atoms with Gasteiger partial charge in [-0.1, -0.05) is 17.3 Å². The Morgan fingerprint density at radius 3 is 2.59 bits per heavy atom. The third-order valence-electron chi connectivity index (χ3n) is 5.60. The monoisotopic (exact) mass is 371 g/mol. The fourth-order valence-corrected chi connectivity index (χ4v) is 3.73. The van der Waals surface area contributed by atoms with Crippen molar-refractivity contribution in [3.63, 3.8) is 0 Å². The van der Waals surface area contributed by atoms with Crippen LogP contribution in [0.1, 0.15) is 54.7 Å². The highest BCUT2D eigenvalue weighted by Gasteiger charge is 2.27. The lowest BCUT2D eigenvalue weighted by Crippen LogP contribution is -2.41. The lowest BCUT2D eigenvalue weighted by Gasteiger charge is -2.36. The standard InChI is InChI=1S/C20H26FN5O/c1-14(12-15-2-4-16(21)5-3-15)25-10-8-18(9-11-25)26-13-19(23-24-26)20(27)22-17-6-7-17/h2-5,13-14,17-18H,6-12H2,1H3,(H,22,27)/t14-/m0/s1. The van der Waals surface area contributed by atoms with Crippen LogP contribution in [0.3, 0.4) is 0 Å². The molecule has 1 aliphatic carbocycles. The molecule has 144 valence electrons. The van der Waals surface area contributed by atoms with Crippen molar-refractivity contribution in [2.75, 3.05) is 13.1 Å². The first-order valence-electron chi connectivity index (χ1n) is 9.79. The Labute approximate surface area is 158 Å². The van der Waals surface area contributed by atoms with Crippen LogP contribution >= 0.6 is 0 Å². The van der Waals surface area contributed by atoms with E-state index in [1.807, 2.05) is 16.8 Å². The Balaban J connectivity index is 1.28. The molecule has 7 heteroatoms. The molecule has 6 nitrogen and oxygen atoms in total. The molecule has 1 atom stereocenters. The van der Waals surface area contributed by atoms with Gasteiger partial charge in [-0.15, -0.1) is 5.10 Å². The quantitative estimate of drug-likeness (QED) is 0.848. The van der Waals surface area contributed by atoms with E-state index in [9.17, 15) is 9.18 Å². The van der Waals surface area contributed by atoms with Gasteiger partial charge in [0.15, 0.2) is 5.69 Å². The minimum absolute atomic E-state index is 0.117. The number of amides is 1. The minimum atomic E-state index is -0.190. The maximum Gasteiger partial charge on any atom is 0.273 e. The van der Waals surface area contributed by atoms with E-state index in [4.69, 9.17) is 0 Å². The number of hydrogen-bond donors (Lipinski definition) is 1. The van der Waals surface area contributed by atoms with Gasteiger partial charge >= 0.3 is 0 Å². The van der Waals surface area contributed by atoms with Crippen LogP contribution in [-0.2, 0) is 6.42 Å². The first kappa shape index (κ1) is 18.1. The molecule has 0 spiro atoms. The highest BCUT2D eigenvalue weighted by molar-refractivity contribution is 5.92. The molecule has 4 rings (SSSR count). The molecular formula is C20H26FN5O. The summed E-state index contributed by atoms with van der Waals surface area (Å²) < 4.78 is 14.9. The van der Waals surface area contributed by atoms with Crippen molar-refractivity contribution in [2.45, 2.75) is 57.2 Å². The number of benzene rings is 1. The van der Waals surface area contributed by atoms with Crippen molar-refractivity contribution in [3.05, 3.63) is 47.5 Å². The topological polar surface area (TPSA) is 63.1 Å². The zero-order chi connectivity index (χ0) is 18.8. The molecule has 1 N–H and O–H groups in total. The molecule has 0 unspecified atom stereocenters. The van der Waals surface area contributed by atoms with Crippen LogP contribution in [0.5, 0.6) is 0 Å². The van der Waals surface area contributed by atoms with Crippen LogP contribution in [0.4, 0.5) is 4.39 Å². The summed E-state index contributed by atoms with van der Waals surface area (Å²) in [6, 6.07) is 7.80. The second kappa shape index (κ2) is 7.76. The van der Waals surface area contributed by atoms with Gasteiger partial charge in [-0.2, -0.15) is 0 Å². The number of halogens is 1. The van der Waals surface area contributed by atoms with E-state index in [1.165, 1.54) is 12.1 Å². The van der Waals surface area contributed by atoms with Crippen LogP contribution in [0, 0.1) is 5.82 Å². The van der Waals surface area contributed by atoms with Crippen LogP contribution in [0.15, 0.2) is 30.5 Å². The summed E-state index contributed by atoms with van der Waals surface area (Å²) in [5, 5.41) is 11.2. The number of nitrogens with zero attached hydrogens (tertiary/aromatic N) is 4. The van der Waals surface area contributed by atoms with E-state index in [0.717, 1.165) is 50.8 Å². The van der Waals surface area contributed by atoms with Gasteiger partial charge in [0.05, 0.1) is 12.2 Å². The molecule has 0 radical (unpaired) electrons. The van der Waals surface area contributed by atoms with Gasteiger partial charge in [0.1, 0.15) is 5.82 Å². The third kappa shape index (κ3) is 4.53. The van der Waals surface area contributed by atoms with E-state index in [2.05, 4.69) is 27.5 Å². The molecule has 2 aliphatic rings. The Bertz CT molecular complexity index is 778. The van der Waals surface area contributed by atoms with Crippen molar-refractivity contribution in [2.24, 2.45) is 0 Å². The summed E-state index contributed by atoms with van der Waals surface area (Å²) in [5.74, 6) is -0.306.